The van der Waals surface area contributed by atoms with Crippen LogP contribution in [0.2, 0.25) is 0 Å². The molecule has 1 aromatic carbocycles. The molecule has 1 saturated heterocycles. The lowest BCUT2D eigenvalue weighted by molar-refractivity contribution is 0.0724. The summed E-state index contributed by atoms with van der Waals surface area (Å²) in [6, 6.07) is 3.76. The van der Waals surface area contributed by atoms with Crippen molar-refractivity contribution in [3.8, 4) is 5.75 Å². The van der Waals surface area contributed by atoms with Gasteiger partial charge < -0.3 is 10.0 Å². The number of benzene rings is 1. The number of amides is 1. The fourth-order valence-corrected chi connectivity index (χ4v) is 1.92. The number of hydrogen-bond acceptors (Lipinski definition) is 2. The number of phenolic OH excluding ortho intramolecular Hbond substituents is 1. The van der Waals surface area contributed by atoms with Crippen LogP contribution in [0.15, 0.2) is 18.2 Å². The Bertz CT molecular complexity index is 400. The van der Waals surface area contributed by atoms with Gasteiger partial charge in [-0.1, -0.05) is 0 Å². The van der Waals surface area contributed by atoms with Crippen LogP contribution in [-0.4, -0.2) is 29.0 Å². The van der Waals surface area contributed by atoms with Gasteiger partial charge in [0.15, 0.2) is 11.6 Å². The number of rotatable bonds is 1. The van der Waals surface area contributed by atoms with Crippen LogP contribution >= 0.6 is 0 Å². The van der Waals surface area contributed by atoms with Gasteiger partial charge in [0, 0.05) is 18.7 Å². The first kappa shape index (κ1) is 10.9. The predicted octanol–water partition coefficient (Wildman–Crippen LogP) is 2.16. The smallest absolute Gasteiger partial charge is 0.253 e. The average Bonchev–Trinajstić information content (AvgIpc) is 2.33. The van der Waals surface area contributed by atoms with Gasteiger partial charge in [0.05, 0.1) is 0 Å². The van der Waals surface area contributed by atoms with E-state index in [0.29, 0.717) is 5.56 Å². The van der Waals surface area contributed by atoms with Crippen molar-refractivity contribution in [3.05, 3.63) is 29.6 Å². The fourth-order valence-electron chi connectivity index (χ4n) is 1.92. The summed E-state index contributed by atoms with van der Waals surface area (Å²) in [7, 11) is 0. The van der Waals surface area contributed by atoms with Gasteiger partial charge in [0.1, 0.15) is 0 Å². The van der Waals surface area contributed by atoms with E-state index in [4.69, 9.17) is 5.11 Å². The van der Waals surface area contributed by atoms with Gasteiger partial charge in [-0.3, -0.25) is 4.79 Å². The monoisotopic (exact) mass is 223 g/mol. The molecule has 1 aliphatic heterocycles. The topological polar surface area (TPSA) is 40.5 Å². The summed E-state index contributed by atoms with van der Waals surface area (Å²) in [5.74, 6) is -1.32. The molecule has 3 nitrogen and oxygen atoms in total. The summed E-state index contributed by atoms with van der Waals surface area (Å²) in [4.78, 5) is 13.7. The Balaban J connectivity index is 2.16. The molecule has 1 N–H and O–H groups in total. The first-order chi connectivity index (χ1) is 7.68. The molecule has 86 valence electrons. The van der Waals surface area contributed by atoms with Crippen LogP contribution < -0.4 is 0 Å². The normalized spacial score (nSPS) is 16.2. The minimum absolute atomic E-state index is 0.154. The second-order valence-electron chi connectivity index (χ2n) is 4.02. The first-order valence-electron chi connectivity index (χ1n) is 5.46. The van der Waals surface area contributed by atoms with E-state index in [2.05, 4.69) is 0 Å². The van der Waals surface area contributed by atoms with Crippen molar-refractivity contribution in [3.63, 3.8) is 0 Å². The molecule has 1 amide bonds. The molecule has 1 aliphatic rings. The Labute approximate surface area is 93.5 Å². The maximum atomic E-state index is 13.1. The van der Waals surface area contributed by atoms with E-state index < -0.39 is 11.6 Å². The third-order valence-electron chi connectivity index (χ3n) is 2.84. The van der Waals surface area contributed by atoms with Gasteiger partial charge in [-0.05, 0) is 37.5 Å². The van der Waals surface area contributed by atoms with Crippen LogP contribution in [0.5, 0.6) is 5.75 Å². The summed E-state index contributed by atoms with van der Waals surface area (Å²) in [5, 5.41) is 9.04. The number of piperidine rings is 1. The number of aromatic hydroxyl groups is 1. The lowest BCUT2D eigenvalue weighted by atomic mass is 10.1. The van der Waals surface area contributed by atoms with E-state index >= 15 is 0 Å². The number of carbonyl (C=O) groups excluding carboxylic acids is 1. The molecule has 16 heavy (non-hydrogen) atoms. The Hall–Kier alpha value is -1.58. The quantitative estimate of drug-likeness (QED) is 0.792. The molecule has 0 aliphatic carbocycles. The van der Waals surface area contributed by atoms with E-state index in [1.165, 1.54) is 12.1 Å². The lowest BCUT2D eigenvalue weighted by Crippen LogP contribution is -2.35. The Morgan fingerprint density at radius 1 is 1.25 bits per heavy atom. The Morgan fingerprint density at radius 3 is 2.56 bits per heavy atom. The largest absolute Gasteiger partial charge is 0.505 e. The van der Waals surface area contributed by atoms with Gasteiger partial charge in [0.2, 0.25) is 0 Å². The van der Waals surface area contributed by atoms with E-state index in [0.717, 1.165) is 38.4 Å². The van der Waals surface area contributed by atoms with Crippen molar-refractivity contribution < 1.29 is 14.3 Å². The molecular weight excluding hydrogens is 209 g/mol. The highest BCUT2D eigenvalue weighted by molar-refractivity contribution is 5.94. The zero-order valence-electron chi connectivity index (χ0n) is 8.95. The van der Waals surface area contributed by atoms with Gasteiger partial charge in [-0.25, -0.2) is 4.39 Å². The second-order valence-corrected chi connectivity index (χ2v) is 4.02. The molecule has 1 aromatic rings. The third kappa shape index (κ3) is 2.15. The van der Waals surface area contributed by atoms with Crippen LogP contribution in [0.1, 0.15) is 29.6 Å². The highest BCUT2D eigenvalue weighted by atomic mass is 19.1. The number of halogens is 1. The van der Waals surface area contributed by atoms with Crippen molar-refractivity contribution in [2.24, 2.45) is 0 Å². The number of hydrogen-bond donors (Lipinski definition) is 1. The summed E-state index contributed by atoms with van der Waals surface area (Å²) < 4.78 is 13.1. The molecule has 1 fully saturated rings. The summed E-state index contributed by atoms with van der Waals surface area (Å²) in [5.41, 5.74) is 0.303. The van der Waals surface area contributed by atoms with Crippen molar-refractivity contribution in [2.75, 3.05) is 13.1 Å². The molecular formula is C12H14FNO2. The minimum Gasteiger partial charge on any atom is -0.505 e. The Kier molecular flexibility index (Phi) is 3.08. The third-order valence-corrected chi connectivity index (χ3v) is 2.84. The standard InChI is InChI=1S/C12H14FNO2/c13-10-8-9(4-5-11(10)15)12(16)14-6-2-1-3-7-14/h4-5,8,15H,1-3,6-7H2. The van der Waals surface area contributed by atoms with E-state index in [1.54, 1.807) is 4.90 Å². The number of likely N-dealkylation sites (tertiary alicyclic amines) is 1. The maximum Gasteiger partial charge on any atom is 0.253 e. The van der Waals surface area contributed by atoms with Crippen molar-refractivity contribution in [1.82, 2.24) is 4.90 Å². The molecule has 0 saturated carbocycles. The first-order valence-corrected chi connectivity index (χ1v) is 5.46. The van der Waals surface area contributed by atoms with Crippen LogP contribution in [0.4, 0.5) is 4.39 Å². The van der Waals surface area contributed by atoms with Crippen LogP contribution in [0.3, 0.4) is 0 Å². The molecule has 0 unspecified atom stereocenters. The van der Waals surface area contributed by atoms with Gasteiger partial charge in [-0.2, -0.15) is 0 Å². The van der Waals surface area contributed by atoms with Crippen molar-refractivity contribution in [2.45, 2.75) is 19.3 Å². The fraction of sp³-hybridized carbons (Fsp3) is 0.417. The highest BCUT2D eigenvalue weighted by Gasteiger charge is 2.18. The number of nitrogens with zero attached hydrogens (tertiary/aromatic N) is 1. The summed E-state index contributed by atoms with van der Waals surface area (Å²) >= 11 is 0. The predicted molar refractivity (Wildman–Crippen MR) is 57.8 cm³/mol. The minimum atomic E-state index is -0.747. The van der Waals surface area contributed by atoms with E-state index in [1.807, 2.05) is 0 Å². The zero-order valence-corrected chi connectivity index (χ0v) is 8.95. The van der Waals surface area contributed by atoms with E-state index in [9.17, 15) is 9.18 Å². The molecule has 2 rings (SSSR count). The van der Waals surface area contributed by atoms with Crippen LogP contribution in [0.25, 0.3) is 0 Å². The SMILES string of the molecule is O=C(c1ccc(O)c(F)c1)N1CCCCC1. The van der Waals surface area contributed by atoms with Gasteiger partial charge in [-0.15, -0.1) is 0 Å². The second kappa shape index (κ2) is 4.51. The number of phenols is 1. The van der Waals surface area contributed by atoms with Gasteiger partial charge in [0.25, 0.3) is 5.91 Å². The average molecular weight is 223 g/mol. The molecule has 1 heterocycles. The summed E-state index contributed by atoms with van der Waals surface area (Å²) in [6.07, 6.45) is 3.16. The molecule has 0 spiro atoms. The maximum absolute atomic E-state index is 13.1. The van der Waals surface area contributed by atoms with Crippen molar-refractivity contribution in [1.29, 1.82) is 0 Å². The van der Waals surface area contributed by atoms with Crippen molar-refractivity contribution >= 4 is 5.91 Å². The molecule has 0 radical (unpaired) electrons. The van der Waals surface area contributed by atoms with E-state index in [-0.39, 0.29) is 5.91 Å². The van der Waals surface area contributed by atoms with Crippen LogP contribution in [-0.2, 0) is 0 Å². The Morgan fingerprint density at radius 2 is 1.94 bits per heavy atom. The molecule has 4 heteroatoms. The zero-order chi connectivity index (χ0) is 11.5. The molecule has 0 bridgehead atoms. The van der Waals surface area contributed by atoms with Gasteiger partial charge >= 0.3 is 0 Å². The number of carbonyl (C=O) groups is 1. The highest BCUT2D eigenvalue weighted by Crippen LogP contribution is 2.19. The molecule has 0 atom stereocenters. The summed E-state index contributed by atoms with van der Waals surface area (Å²) in [6.45, 7) is 1.47. The lowest BCUT2D eigenvalue weighted by Gasteiger charge is -2.26. The molecule has 0 aromatic heterocycles. The van der Waals surface area contributed by atoms with Crippen LogP contribution in [0, 0.1) is 5.82 Å².